The lowest BCUT2D eigenvalue weighted by Crippen LogP contribution is -2.17. The van der Waals surface area contributed by atoms with E-state index in [1.807, 2.05) is 17.5 Å². The zero-order chi connectivity index (χ0) is 12.3. The second-order valence-corrected chi connectivity index (χ2v) is 5.31. The molecule has 90 valence electrons. The van der Waals surface area contributed by atoms with Gasteiger partial charge in [-0.25, -0.2) is 0 Å². The normalized spacial score (nSPS) is 12.4. The van der Waals surface area contributed by atoms with Crippen molar-refractivity contribution in [3.8, 4) is 5.75 Å². The predicted octanol–water partition coefficient (Wildman–Crippen LogP) is 4.13. The van der Waals surface area contributed by atoms with Crippen LogP contribution in [0.1, 0.15) is 11.0 Å². The molecule has 5 heteroatoms. The second-order valence-electron chi connectivity index (χ2n) is 3.46. The first kappa shape index (κ1) is 12.7. The van der Waals surface area contributed by atoms with Gasteiger partial charge in [-0.1, -0.05) is 29.3 Å². The van der Waals surface area contributed by atoms with Crippen LogP contribution in [0.25, 0.3) is 0 Å². The lowest BCUT2D eigenvalue weighted by atomic mass is 10.3. The molecule has 1 aromatic heterocycles. The third kappa shape index (κ3) is 3.36. The van der Waals surface area contributed by atoms with Crippen LogP contribution in [-0.4, -0.2) is 6.54 Å². The van der Waals surface area contributed by atoms with Crippen LogP contribution in [0.3, 0.4) is 0 Å². The monoisotopic (exact) mass is 287 g/mol. The van der Waals surface area contributed by atoms with Gasteiger partial charge in [0.2, 0.25) is 0 Å². The van der Waals surface area contributed by atoms with Crippen LogP contribution in [0.4, 0.5) is 0 Å². The van der Waals surface area contributed by atoms with Crippen molar-refractivity contribution in [1.82, 2.24) is 0 Å². The summed E-state index contributed by atoms with van der Waals surface area (Å²) in [4.78, 5) is 1.09. The highest BCUT2D eigenvalue weighted by Gasteiger charge is 2.13. The second kappa shape index (κ2) is 5.74. The Balaban J connectivity index is 2.18. The number of hydrogen-bond donors (Lipinski definition) is 1. The highest BCUT2D eigenvalue weighted by Crippen LogP contribution is 2.29. The van der Waals surface area contributed by atoms with Crippen molar-refractivity contribution in [3.05, 3.63) is 50.6 Å². The Hall–Kier alpha value is -0.740. The van der Waals surface area contributed by atoms with E-state index in [-0.39, 0.29) is 6.10 Å². The van der Waals surface area contributed by atoms with E-state index in [4.69, 9.17) is 33.7 Å². The Bertz CT molecular complexity index is 467. The maximum atomic E-state index is 5.91. The van der Waals surface area contributed by atoms with Crippen LogP contribution in [-0.2, 0) is 0 Å². The molecule has 1 atom stereocenters. The van der Waals surface area contributed by atoms with Gasteiger partial charge in [0, 0.05) is 21.5 Å². The van der Waals surface area contributed by atoms with E-state index in [0.717, 1.165) is 4.88 Å². The molecule has 0 spiro atoms. The number of ether oxygens (including phenoxy) is 1. The van der Waals surface area contributed by atoms with Gasteiger partial charge in [-0.3, -0.25) is 0 Å². The number of hydrogen-bond acceptors (Lipinski definition) is 3. The van der Waals surface area contributed by atoms with E-state index in [1.54, 1.807) is 29.5 Å². The molecule has 0 aliphatic carbocycles. The molecule has 0 aliphatic heterocycles. The lowest BCUT2D eigenvalue weighted by Gasteiger charge is -2.16. The third-order valence-corrected chi connectivity index (χ3v) is 3.59. The van der Waals surface area contributed by atoms with Crippen molar-refractivity contribution in [2.75, 3.05) is 6.54 Å². The predicted molar refractivity (Wildman–Crippen MR) is 73.2 cm³/mol. The van der Waals surface area contributed by atoms with Crippen LogP contribution >= 0.6 is 34.5 Å². The van der Waals surface area contributed by atoms with Crippen molar-refractivity contribution >= 4 is 34.5 Å². The van der Waals surface area contributed by atoms with Gasteiger partial charge in [-0.15, -0.1) is 11.3 Å². The largest absolute Gasteiger partial charge is 0.483 e. The summed E-state index contributed by atoms with van der Waals surface area (Å²) in [6.07, 6.45) is -0.162. The van der Waals surface area contributed by atoms with Gasteiger partial charge in [0.05, 0.1) is 0 Å². The van der Waals surface area contributed by atoms with Gasteiger partial charge in [-0.2, -0.15) is 0 Å². The molecule has 2 nitrogen and oxygen atoms in total. The zero-order valence-corrected chi connectivity index (χ0v) is 11.2. The quantitative estimate of drug-likeness (QED) is 0.918. The summed E-state index contributed by atoms with van der Waals surface area (Å²) in [5.74, 6) is 0.631. The molecule has 1 aromatic carbocycles. The first-order chi connectivity index (χ1) is 8.19. The minimum Gasteiger partial charge on any atom is -0.483 e. The summed E-state index contributed by atoms with van der Waals surface area (Å²) in [5, 5.41) is 3.09. The Kier molecular flexibility index (Phi) is 4.29. The molecule has 0 fully saturated rings. The van der Waals surface area contributed by atoms with Crippen molar-refractivity contribution in [1.29, 1.82) is 0 Å². The molecule has 0 aliphatic rings. The third-order valence-electron chi connectivity index (χ3n) is 2.19. The minimum atomic E-state index is -0.162. The molecule has 1 heterocycles. The van der Waals surface area contributed by atoms with Crippen LogP contribution in [0.5, 0.6) is 5.75 Å². The maximum Gasteiger partial charge on any atom is 0.145 e. The van der Waals surface area contributed by atoms with Gasteiger partial charge >= 0.3 is 0 Å². The van der Waals surface area contributed by atoms with Gasteiger partial charge in [0.1, 0.15) is 11.9 Å². The topological polar surface area (TPSA) is 35.2 Å². The molecule has 0 radical (unpaired) electrons. The molecular weight excluding hydrogens is 277 g/mol. The molecule has 2 aromatic rings. The Morgan fingerprint density at radius 1 is 1.24 bits per heavy atom. The van der Waals surface area contributed by atoms with Crippen molar-refractivity contribution in [2.24, 2.45) is 5.73 Å². The Morgan fingerprint density at radius 3 is 2.47 bits per heavy atom. The van der Waals surface area contributed by atoms with E-state index < -0.39 is 0 Å². The number of halogens is 2. The summed E-state index contributed by atoms with van der Waals surface area (Å²) in [7, 11) is 0. The highest BCUT2D eigenvalue weighted by molar-refractivity contribution is 7.10. The van der Waals surface area contributed by atoms with Crippen LogP contribution in [0, 0.1) is 0 Å². The first-order valence-corrected chi connectivity index (χ1v) is 6.69. The summed E-state index contributed by atoms with van der Waals surface area (Å²) in [6.45, 7) is 0.407. The fraction of sp³-hybridized carbons (Fsp3) is 0.167. The summed E-state index contributed by atoms with van der Waals surface area (Å²) in [6, 6.07) is 9.08. The highest BCUT2D eigenvalue weighted by atomic mass is 35.5. The summed E-state index contributed by atoms with van der Waals surface area (Å²) < 4.78 is 5.79. The van der Waals surface area contributed by atoms with Crippen LogP contribution in [0.15, 0.2) is 35.7 Å². The van der Waals surface area contributed by atoms with E-state index in [2.05, 4.69) is 0 Å². The molecule has 0 saturated heterocycles. The van der Waals surface area contributed by atoms with Crippen LogP contribution < -0.4 is 10.5 Å². The fourth-order valence-corrected chi connectivity index (χ4v) is 2.73. The van der Waals surface area contributed by atoms with Gasteiger partial charge in [0.25, 0.3) is 0 Å². The van der Waals surface area contributed by atoms with E-state index in [1.165, 1.54) is 0 Å². The van der Waals surface area contributed by atoms with Gasteiger partial charge in [0.15, 0.2) is 0 Å². The average Bonchev–Trinajstić information content (AvgIpc) is 2.77. The summed E-state index contributed by atoms with van der Waals surface area (Å²) >= 11 is 13.4. The molecule has 0 bridgehead atoms. The van der Waals surface area contributed by atoms with E-state index in [0.29, 0.717) is 22.3 Å². The molecule has 0 amide bonds. The number of benzene rings is 1. The van der Waals surface area contributed by atoms with Gasteiger partial charge in [-0.05, 0) is 29.6 Å². The molecule has 1 unspecified atom stereocenters. The average molecular weight is 288 g/mol. The molecule has 17 heavy (non-hydrogen) atoms. The van der Waals surface area contributed by atoms with E-state index >= 15 is 0 Å². The molecule has 2 rings (SSSR count). The number of rotatable bonds is 4. The fourth-order valence-electron chi connectivity index (χ4n) is 1.46. The molecule has 2 N–H and O–H groups in total. The van der Waals surface area contributed by atoms with Crippen molar-refractivity contribution < 1.29 is 4.74 Å². The van der Waals surface area contributed by atoms with Crippen molar-refractivity contribution in [2.45, 2.75) is 6.10 Å². The zero-order valence-electron chi connectivity index (χ0n) is 8.90. The van der Waals surface area contributed by atoms with Crippen LogP contribution in [0.2, 0.25) is 10.0 Å². The number of thiophene rings is 1. The summed E-state index contributed by atoms with van der Waals surface area (Å²) in [5.41, 5.74) is 5.70. The maximum absolute atomic E-state index is 5.91. The lowest BCUT2D eigenvalue weighted by molar-refractivity contribution is 0.218. The molecular formula is C12H11Cl2NOS. The van der Waals surface area contributed by atoms with Crippen molar-refractivity contribution in [3.63, 3.8) is 0 Å². The number of nitrogens with two attached hydrogens (primary N) is 1. The Labute approximate surface area is 114 Å². The van der Waals surface area contributed by atoms with E-state index in [9.17, 15) is 0 Å². The standard InChI is InChI=1S/C12H11Cl2NOS/c13-8-4-9(14)6-10(5-8)16-11(7-15)12-2-1-3-17-12/h1-6,11H,7,15H2. The SMILES string of the molecule is NCC(Oc1cc(Cl)cc(Cl)c1)c1cccs1. The first-order valence-electron chi connectivity index (χ1n) is 5.05. The molecule has 0 saturated carbocycles. The van der Waals surface area contributed by atoms with Gasteiger partial charge < -0.3 is 10.5 Å². The Morgan fingerprint density at radius 2 is 1.94 bits per heavy atom. The smallest absolute Gasteiger partial charge is 0.145 e. The minimum absolute atomic E-state index is 0.162.